The van der Waals surface area contributed by atoms with Crippen molar-refractivity contribution in [2.24, 2.45) is 0 Å². The van der Waals surface area contributed by atoms with Gasteiger partial charge in [-0.25, -0.2) is 9.78 Å². The average Bonchev–Trinajstić information content (AvgIpc) is 2.97. The van der Waals surface area contributed by atoms with Crippen LogP contribution in [-0.4, -0.2) is 30.0 Å². The molecule has 1 aromatic carbocycles. The van der Waals surface area contributed by atoms with Crippen LogP contribution in [0.2, 0.25) is 0 Å². The lowest BCUT2D eigenvalue weighted by molar-refractivity contribution is -0.124. The van der Waals surface area contributed by atoms with Crippen molar-refractivity contribution >= 4 is 35.0 Å². The van der Waals surface area contributed by atoms with Crippen molar-refractivity contribution in [3.8, 4) is 0 Å². The van der Waals surface area contributed by atoms with Crippen molar-refractivity contribution in [1.82, 2.24) is 10.3 Å². The Hall–Kier alpha value is -1.86. The smallest absolute Gasteiger partial charge is 0.338 e. The first-order valence-corrected chi connectivity index (χ1v) is 9.03. The van der Waals surface area contributed by atoms with Crippen molar-refractivity contribution in [3.63, 3.8) is 0 Å². The van der Waals surface area contributed by atoms with E-state index < -0.39 is 5.97 Å². The summed E-state index contributed by atoms with van der Waals surface area (Å²) in [6.45, 7) is 4.01. The summed E-state index contributed by atoms with van der Waals surface area (Å²) < 4.78 is 6.03. The van der Waals surface area contributed by atoms with Crippen LogP contribution in [0.3, 0.4) is 0 Å². The van der Waals surface area contributed by atoms with E-state index in [0.29, 0.717) is 17.9 Å². The summed E-state index contributed by atoms with van der Waals surface area (Å²) in [5.74, 6) is -0.159. The van der Waals surface area contributed by atoms with Gasteiger partial charge in [0.2, 0.25) is 0 Å². The molecular weight excluding hydrogens is 332 g/mol. The quantitative estimate of drug-likeness (QED) is 0.614. The predicted molar refractivity (Wildman–Crippen MR) is 91.8 cm³/mol. The third-order valence-electron chi connectivity index (χ3n) is 2.89. The van der Waals surface area contributed by atoms with E-state index in [0.717, 1.165) is 15.6 Å². The first-order chi connectivity index (χ1) is 11.1. The molecule has 0 unspecified atom stereocenters. The Kier molecular flexibility index (Phi) is 6.61. The summed E-state index contributed by atoms with van der Waals surface area (Å²) >= 11 is 3.16. The highest BCUT2D eigenvalue weighted by Crippen LogP contribution is 2.27. The van der Waals surface area contributed by atoms with E-state index in [1.54, 1.807) is 35.2 Å². The van der Waals surface area contributed by atoms with Crippen LogP contribution >= 0.6 is 23.1 Å². The maximum absolute atomic E-state index is 12.2. The first-order valence-electron chi connectivity index (χ1n) is 7.16. The summed E-state index contributed by atoms with van der Waals surface area (Å²) in [5, 5.41) is 4.58. The SMILES string of the molecule is CCNC(=O)COC(=O)c1ccccc1CSc1nc(C)cs1. The number of likely N-dealkylation sites (N-methyl/N-ethyl adjacent to an activating group) is 1. The molecule has 0 fully saturated rings. The average molecular weight is 350 g/mol. The Bertz CT molecular complexity index is 685. The fraction of sp³-hybridized carbons (Fsp3) is 0.312. The number of thiazole rings is 1. The van der Waals surface area contributed by atoms with Crippen molar-refractivity contribution in [3.05, 3.63) is 46.5 Å². The summed E-state index contributed by atoms with van der Waals surface area (Å²) in [7, 11) is 0. The van der Waals surface area contributed by atoms with E-state index in [1.807, 2.05) is 31.4 Å². The third kappa shape index (κ3) is 5.37. The number of benzene rings is 1. The van der Waals surface area contributed by atoms with Gasteiger partial charge in [0, 0.05) is 23.4 Å². The highest BCUT2D eigenvalue weighted by Gasteiger charge is 2.14. The molecule has 5 nitrogen and oxygen atoms in total. The highest BCUT2D eigenvalue weighted by molar-refractivity contribution is 8.00. The van der Waals surface area contributed by atoms with Crippen LogP contribution in [0.4, 0.5) is 0 Å². The number of aryl methyl sites for hydroxylation is 1. The van der Waals surface area contributed by atoms with Gasteiger partial charge in [0.1, 0.15) is 4.34 Å². The molecule has 0 aliphatic rings. The van der Waals surface area contributed by atoms with Gasteiger partial charge in [-0.1, -0.05) is 30.0 Å². The molecule has 7 heteroatoms. The number of amides is 1. The molecule has 0 radical (unpaired) electrons. The van der Waals surface area contributed by atoms with E-state index >= 15 is 0 Å². The van der Waals surface area contributed by atoms with Crippen LogP contribution in [0.25, 0.3) is 0 Å². The number of hydrogen-bond acceptors (Lipinski definition) is 6. The number of rotatable bonds is 7. The van der Waals surface area contributed by atoms with Gasteiger partial charge in [0.15, 0.2) is 6.61 Å². The molecule has 0 aliphatic heterocycles. The van der Waals surface area contributed by atoms with Gasteiger partial charge in [-0.15, -0.1) is 11.3 Å². The molecule has 1 heterocycles. The zero-order valence-electron chi connectivity index (χ0n) is 13.0. The number of carbonyl (C=O) groups excluding carboxylic acids is 2. The molecule has 0 bridgehead atoms. The third-order valence-corrected chi connectivity index (χ3v) is 5.08. The predicted octanol–water partition coefficient (Wildman–Crippen LogP) is 3.04. The zero-order valence-corrected chi connectivity index (χ0v) is 14.6. The number of nitrogens with one attached hydrogen (secondary N) is 1. The number of aromatic nitrogens is 1. The topological polar surface area (TPSA) is 68.3 Å². The maximum atomic E-state index is 12.2. The van der Waals surface area contributed by atoms with E-state index in [4.69, 9.17) is 4.74 Å². The van der Waals surface area contributed by atoms with Gasteiger partial charge in [-0.2, -0.15) is 0 Å². The van der Waals surface area contributed by atoms with Crippen molar-refractivity contribution in [1.29, 1.82) is 0 Å². The van der Waals surface area contributed by atoms with Crippen LogP contribution in [0, 0.1) is 6.92 Å². The molecule has 1 amide bonds. The molecule has 0 atom stereocenters. The number of ether oxygens (including phenoxy) is 1. The second kappa shape index (κ2) is 8.69. The fourth-order valence-corrected chi connectivity index (χ4v) is 3.69. The Balaban J connectivity index is 1.98. The molecule has 2 rings (SSSR count). The van der Waals surface area contributed by atoms with E-state index in [9.17, 15) is 9.59 Å². The van der Waals surface area contributed by atoms with Crippen LogP contribution in [0.15, 0.2) is 34.0 Å². The zero-order chi connectivity index (χ0) is 16.7. The number of esters is 1. The molecule has 2 aromatic rings. The number of carbonyl (C=O) groups is 2. The number of nitrogens with zero attached hydrogens (tertiary/aromatic N) is 1. The maximum Gasteiger partial charge on any atom is 0.338 e. The molecule has 0 saturated carbocycles. The van der Waals surface area contributed by atoms with Crippen molar-refractivity contribution < 1.29 is 14.3 Å². The molecule has 23 heavy (non-hydrogen) atoms. The monoisotopic (exact) mass is 350 g/mol. The minimum absolute atomic E-state index is 0.264. The van der Waals surface area contributed by atoms with Crippen LogP contribution in [0.5, 0.6) is 0 Å². The van der Waals surface area contributed by atoms with Gasteiger partial charge >= 0.3 is 5.97 Å². The van der Waals surface area contributed by atoms with E-state index in [-0.39, 0.29) is 12.5 Å². The highest BCUT2D eigenvalue weighted by atomic mass is 32.2. The van der Waals surface area contributed by atoms with Crippen LogP contribution < -0.4 is 5.32 Å². The van der Waals surface area contributed by atoms with Gasteiger partial charge in [-0.05, 0) is 25.5 Å². The van der Waals surface area contributed by atoms with Gasteiger partial charge in [-0.3, -0.25) is 4.79 Å². The molecular formula is C16H18N2O3S2. The van der Waals surface area contributed by atoms with Gasteiger partial charge < -0.3 is 10.1 Å². The van der Waals surface area contributed by atoms with E-state index in [1.165, 1.54) is 0 Å². The van der Waals surface area contributed by atoms with Crippen LogP contribution in [0.1, 0.15) is 28.5 Å². The fourth-order valence-electron chi connectivity index (χ4n) is 1.84. The second-order valence-corrected chi connectivity index (χ2v) is 6.81. The summed E-state index contributed by atoms with van der Waals surface area (Å²) in [6, 6.07) is 7.26. The molecule has 1 aromatic heterocycles. The Morgan fingerprint density at radius 2 is 2.13 bits per heavy atom. The summed E-state index contributed by atoms with van der Waals surface area (Å²) in [6.07, 6.45) is 0. The molecule has 0 spiro atoms. The summed E-state index contributed by atoms with van der Waals surface area (Å²) in [4.78, 5) is 27.9. The lowest BCUT2D eigenvalue weighted by atomic mass is 10.1. The largest absolute Gasteiger partial charge is 0.452 e. The standard InChI is InChI=1S/C16H18N2O3S2/c1-3-17-14(19)8-21-15(20)13-7-5-4-6-12(13)10-23-16-18-11(2)9-22-16/h4-7,9H,3,8,10H2,1-2H3,(H,17,19). The Morgan fingerprint density at radius 3 is 2.83 bits per heavy atom. The lowest BCUT2D eigenvalue weighted by Gasteiger charge is -2.09. The summed E-state index contributed by atoms with van der Waals surface area (Å²) in [5.41, 5.74) is 2.34. The molecule has 1 N–H and O–H groups in total. The van der Waals surface area contributed by atoms with Crippen LogP contribution in [-0.2, 0) is 15.3 Å². The number of hydrogen-bond donors (Lipinski definition) is 1. The normalized spacial score (nSPS) is 10.3. The molecule has 0 aliphatic carbocycles. The van der Waals surface area contributed by atoms with Crippen molar-refractivity contribution in [2.75, 3.05) is 13.2 Å². The van der Waals surface area contributed by atoms with Crippen molar-refractivity contribution in [2.45, 2.75) is 23.9 Å². The van der Waals surface area contributed by atoms with Gasteiger partial charge in [0.05, 0.1) is 5.56 Å². The minimum atomic E-state index is -0.484. The lowest BCUT2D eigenvalue weighted by Crippen LogP contribution is -2.28. The Labute approximate surface area is 143 Å². The Morgan fingerprint density at radius 1 is 1.35 bits per heavy atom. The molecule has 0 saturated heterocycles. The van der Waals surface area contributed by atoms with Gasteiger partial charge in [0.25, 0.3) is 5.91 Å². The number of thioether (sulfide) groups is 1. The minimum Gasteiger partial charge on any atom is -0.452 e. The van der Waals surface area contributed by atoms with E-state index in [2.05, 4.69) is 10.3 Å². The molecule has 122 valence electrons. The second-order valence-electron chi connectivity index (χ2n) is 4.73. The first kappa shape index (κ1) is 17.5.